The van der Waals surface area contributed by atoms with Crippen LogP contribution in [0.1, 0.15) is 22.3 Å². The van der Waals surface area contributed by atoms with Crippen molar-refractivity contribution < 1.29 is 18.7 Å². The van der Waals surface area contributed by atoms with Gasteiger partial charge in [0.25, 0.3) is 0 Å². The van der Waals surface area contributed by atoms with Crippen molar-refractivity contribution in [3.05, 3.63) is 64.4 Å². The fourth-order valence-corrected chi connectivity index (χ4v) is 4.02. The highest BCUT2D eigenvalue weighted by Crippen LogP contribution is 2.35. The van der Waals surface area contributed by atoms with Crippen LogP contribution in [0.2, 0.25) is 0 Å². The van der Waals surface area contributed by atoms with Gasteiger partial charge >= 0.3 is 5.76 Å². The zero-order valence-corrected chi connectivity index (χ0v) is 16.6. The Kier molecular flexibility index (Phi) is 4.55. The van der Waals surface area contributed by atoms with Gasteiger partial charge in [-0.15, -0.1) is 10.2 Å². The Morgan fingerprint density at radius 3 is 2.93 bits per heavy atom. The van der Waals surface area contributed by atoms with Crippen molar-refractivity contribution in [1.82, 2.24) is 19.7 Å². The Labute approximate surface area is 174 Å². The fraction of sp³-hybridized carbons (Fsp3) is 0.200. The monoisotopic (exact) mass is 424 g/mol. The van der Waals surface area contributed by atoms with Gasteiger partial charge in [-0.3, -0.25) is 9.78 Å². The number of nitrogens with zero attached hydrogens (tertiary/aromatic N) is 3. The topological polar surface area (TPSA) is 112 Å². The number of ketones is 1. The number of hydrogen-bond acceptors (Lipinski definition) is 8. The molecule has 3 heterocycles. The number of nitrogens with one attached hydrogen (secondary N) is 1. The number of aromatic amines is 1. The van der Waals surface area contributed by atoms with Gasteiger partial charge in [0.2, 0.25) is 0 Å². The molecule has 5 rings (SSSR count). The summed E-state index contributed by atoms with van der Waals surface area (Å²) in [7, 11) is 1.83. The first-order valence-corrected chi connectivity index (χ1v) is 10.1. The molecule has 0 saturated carbocycles. The molecule has 0 spiro atoms. The number of hydrogen-bond donors (Lipinski definition) is 1. The van der Waals surface area contributed by atoms with Crippen LogP contribution in [0.15, 0.2) is 56.8 Å². The van der Waals surface area contributed by atoms with Crippen LogP contribution in [0.25, 0.3) is 11.1 Å². The van der Waals surface area contributed by atoms with E-state index in [1.807, 2.05) is 31.3 Å². The Hall–Kier alpha value is -3.53. The Morgan fingerprint density at radius 1 is 1.23 bits per heavy atom. The average Bonchev–Trinajstić information content (AvgIpc) is 3.32. The summed E-state index contributed by atoms with van der Waals surface area (Å²) in [5.74, 6) is 1.49. The second-order valence-electron chi connectivity index (χ2n) is 6.70. The first-order chi connectivity index (χ1) is 14.6. The minimum absolute atomic E-state index is 0.110. The van der Waals surface area contributed by atoms with Crippen molar-refractivity contribution in [1.29, 1.82) is 0 Å². The van der Waals surface area contributed by atoms with Crippen molar-refractivity contribution in [3.8, 4) is 11.5 Å². The lowest BCUT2D eigenvalue weighted by atomic mass is 10.1. The molecule has 9 nitrogen and oxygen atoms in total. The Balaban J connectivity index is 1.28. The summed E-state index contributed by atoms with van der Waals surface area (Å²) in [5, 5.41) is 9.01. The molecule has 2 aromatic carbocycles. The first kappa shape index (κ1) is 18.5. The van der Waals surface area contributed by atoms with Gasteiger partial charge in [-0.2, -0.15) is 0 Å². The van der Waals surface area contributed by atoms with Crippen LogP contribution in [-0.2, 0) is 7.05 Å². The highest BCUT2D eigenvalue weighted by molar-refractivity contribution is 7.99. The van der Waals surface area contributed by atoms with E-state index in [1.165, 1.54) is 11.8 Å². The van der Waals surface area contributed by atoms with Gasteiger partial charge in [-0.05, 0) is 30.3 Å². The third kappa shape index (κ3) is 3.35. The van der Waals surface area contributed by atoms with Crippen molar-refractivity contribution in [2.45, 2.75) is 11.3 Å². The SMILES string of the molecule is Cn1c(SCC(=O)c2ccc3[nH]c(=O)oc3c2)nnc1[C@H]1COc2ccccc2O1. The predicted molar refractivity (Wildman–Crippen MR) is 108 cm³/mol. The molecule has 0 radical (unpaired) electrons. The van der Waals surface area contributed by atoms with Gasteiger partial charge in [-0.1, -0.05) is 23.9 Å². The van der Waals surface area contributed by atoms with Gasteiger partial charge in [0.1, 0.15) is 6.61 Å². The van der Waals surface area contributed by atoms with E-state index in [0.29, 0.717) is 45.7 Å². The maximum absolute atomic E-state index is 12.6. The molecular formula is C20H16N4O5S. The average molecular weight is 424 g/mol. The quantitative estimate of drug-likeness (QED) is 0.384. The molecule has 0 fully saturated rings. The number of benzene rings is 2. The molecule has 0 bridgehead atoms. The van der Waals surface area contributed by atoms with Gasteiger partial charge in [-0.25, -0.2) is 4.79 Å². The van der Waals surface area contributed by atoms with Crippen LogP contribution in [0.5, 0.6) is 11.5 Å². The fourth-order valence-electron chi connectivity index (χ4n) is 3.21. The maximum atomic E-state index is 12.6. The number of rotatable bonds is 5. The summed E-state index contributed by atoms with van der Waals surface area (Å²) < 4.78 is 18.5. The standard InChI is InChI=1S/C20H16N4O5S/c1-24-18(17-9-27-14-4-2-3-5-15(14)28-17)22-23-19(24)30-10-13(25)11-6-7-12-16(8-11)29-20(26)21-12/h2-8,17H,9-10H2,1H3,(H,21,26)/t17-/m1/s1. The lowest BCUT2D eigenvalue weighted by molar-refractivity contribution is 0.0825. The highest BCUT2D eigenvalue weighted by atomic mass is 32.2. The third-order valence-electron chi connectivity index (χ3n) is 4.74. The number of para-hydroxylation sites is 2. The van der Waals surface area contributed by atoms with Crippen LogP contribution in [0, 0.1) is 0 Å². The van der Waals surface area contributed by atoms with Gasteiger partial charge in [0.15, 0.2) is 40.0 Å². The molecule has 2 aromatic heterocycles. The second kappa shape index (κ2) is 7.38. The molecule has 152 valence electrons. The van der Waals surface area contributed by atoms with E-state index in [2.05, 4.69) is 15.2 Å². The molecule has 1 aliphatic rings. The Bertz CT molecular complexity index is 1310. The predicted octanol–water partition coefficient (Wildman–Crippen LogP) is 2.74. The molecule has 1 atom stereocenters. The van der Waals surface area contributed by atoms with Crippen molar-refractivity contribution >= 4 is 28.6 Å². The molecule has 0 amide bonds. The molecule has 4 aromatic rings. The lowest BCUT2D eigenvalue weighted by Crippen LogP contribution is -2.24. The van der Waals surface area contributed by atoms with Gasteiger partial charge in [0, 0.05) is 12.6 Å². The summed E-state index contributed by atoms with van der Waals surface area (Å²) in [6, 6.07) is 12.3. The van der Waals surface area contributed by atoms with E-state index in [1.54, 1.807) is 22.8 Å². The molecule has 1 N–H and O–H groups in total. The third-order valence-corrected chi connectivity index (χ3v) is 5.76. The summed E-state index contributed by atoms with van der Waals surface area (Å²) in [4.78, 5) is 26.4. The first-order valence-electron chi connectivity index (χ1n) is 9.15. The zero-order valence-electron chi connectivity index (χ0n) is 15.8. The number of aromatic nitrogens is 4. The minimum atomic E-state index is -0.549. The number of thioether (sulfide) groups is 1. The number of Topliss-reactive ketones (excluding diaryl/α,β-unsaturated/α-hetero) is 1. The van der Waals surface area contributed by atoms with Crippen LogP contribution < -0.4 is 15.2 Å². The summed E-state index contributed by atoms with van der Waals surface area (Å²) in [6.07, 6.45) is -0.388. The highest BCUT2D eigenvalue weighted by Gasteiger charge is 2.27. The number of H-pyrrole nitrogens is 1. The van der Waals surface area contributed by atoms with Crippen LogP contribution in [-0.4, -0.2) is 37.9 Å². The smallest absolute Gasteiger partial charge is 0.417 e. The Morgan fingerprint density at radius 2 is 2.07 bits per heavy atom. The number of fused-ring (bicyclic) bond motifs is 2. The minimum Gasteiger partial charge on any atom is -0.485 e. The molecule has 30 heavy (non-hydrogen) atoms. The molecule has 0 saturated heterocycles. The lowest BCUT2D eigenvalue weighted by Gasteiger charge is -2.25. The van der Waals surface area contributed by atoms with E-state index < -0.39 is 5.76 Å². The number of ether oxygens (including phenoxy) is 2. The van der Waals surface area contributed by atoms with E-state index >= 15 is 0 Å². The number of carbonyl (C=O) groups is 1. The summed E-state index contributed by atoms with van der Waals surface area (Å²) in [5.41, 5.74) is 1.37. The zero-order chi connectivity index (χ0) is 20.7. The normalized spacial score (nSPS) is 15.4. The van der Waals surface area contributed by atoms with Gasteiger partial charge < -0.3 is 18.5 Å². The summed E-state index contributed by atoms with van der Waals surface area (Å²) in [6.45, 7) is 0.328. The second-order valence-corrected chi connectivity index (χ2v) is 7.64. The van der Waals surface area contributed by atoms with E-state index in [4.69, 9.17) is 13.9 Å². The number of carbonyl (C=O) groups excluding carboxylic acids is 1. The molecule has 1 aliphatic heterocycles. The molecule has 0 aliphatic carbocycles. The van der Waals surface area contributed by atoms with Gasteiger partial charge in [0.05, 0.1) is 11.3 Å². The van der Waals surface area contributed by atoms with Crippen LogP contribution in [0.4, 0.5) is 0 Å². The maximum Gasteiger partial charge on any atom is 0.417 e. The van der Waals surface area contributed by atoms with Crippen molar-refractivity contribution in [3.63, 3.8) is 0 Å². The van der Waals surface area contributed by atoms with E-state index in [0.717, 1.165) is 0 Å². The molecule has 0 unspecified atom stereocenters. The van der Waals surface area contributed by atoms with Crippen LogP contribution in [0.3, 0.4) is 0 Å². The molecule has 10 heteroatoms. The van der Waals surface area contributed by atoms with Crippen molar-refractivity contribution in [2.24, 2.45) is 7.05 Å². The van der Waals surface area contributed by atoms with Crippen LogP contribution >= 0.6 is 11.8 Å². The van der Waals surface area contributed by atoms with Crippen molar-refractivity contribution in [2.75, 3.05) is 12.4 Å². The summed E-state index contributed by atoms with van der Waals surface area (Å²) >= 11 is 1.27. The van der Waals surface area contributed by atoms with E-state index in [9.17, 15) is 9.59 Å². The van der Waals surface area contributed by atoms with E-state index in [-0.39, 0.29) is 17.6 Å². The molecular weight excluding hydrogens is 408 g/mol. The largest absolute Gasteiger partial charge is 0.485 e. The number of oxazole rings is 1.